The molecule has 3 N–H and O–H groups in total. The quantitative estimate of drug-likeness (QED) is 0.480. The second-order valence-corrected chi connectivity index (χ2v) is 9.09. The molecule has 0 saturated carbocycles. The summed E-state index contributed by atoms with van der Waals surface area (Å²) in [6.45, 7) is 3.46. The number of hydrogen-bond acceptors (Lipinski definition) is 7. The smallest absolute Gasteiger partial charge is 0.290 e. The van der Waals surface area contributed by atoms with Crippen LogP contribution < -0.4 is 10.5 Å². The summed E-state index contributed by atoms with van der Waals surface area (Å²) >= 11 is 1.23. The van der Waals surface area contributed by atoms with Gasteiger partial charge in [-0.1, -0.05) is 42.5 Å². The zero-order valence-corrected chi connectivity index (χ0v) is 19.5. The third-order valence-electron chi connectivity index (χ3n) is 5.43. The standard InChI is InChI=1S/C25H23N3O5S/c1-14-24(34-15(2)27-14)22(30)20-21(17-8-10-18(11-9-17)33-13-19(26)29)28(25(32)23(20)31)12-16-6-4-3-5-7-16/h3-11,21,31H,12-13H2,1-2H3,(H2,26,29). The van der Waals surface area contributed by atoms with Gasteiger partial charge in [0.2, 0.25) is 5.78 Å². The van der Waals surface area contributed by atoms with Crippen LogP contribution in [0.1, 0.15) is 37.5 Å². The number of aryl methyl sites for hydroxylation is 2. The lowest BCUT2D eigenvalue weighted by atomic mass is 9.94. The number of ether oxygens (including phenoxy) is 1. The molecule has 1 aromatic heterocycles. The number of nitrogens with two attached hydrogens (primary N) is 1. The number of aliphatic hydroxyl groups is 1. The number of aliphatic hydroxyl groups excluding tert-OH is 1. The van der Waals surface area contributed by atoms with Crippen molar-refractivity contribution in [1.29, 1.82) is 0 Å². The van der Waals surface area contributed by atoms with E-state index >= 15 is 0 Å². The van der Waals surface area contributed by atoms with E-state index in [1.165, 1.54) is 16.2 Å². The van der Waals surface area contributed by atoms with Gasteiger partial charge in [-0.25, -0.2) is 4.98 Å². The first-order chi connectivity index (χ1) is 16.3. The van der Waals surface area contributed by atoms with Crippen molar-refractivity contribution in [2.45, 2.75) is 26.4 Å². The van der Waals surface area contributed by atoms with Crippen LogP contribution in [0.15, 0.2) is 65.9 Å². The van der Waals surface area contributed by atoms with Crippen molar-refractivity contribution in [3.8, 4) is 5.75 Å². The van der Waals surface area contributed by atoms with Gasteiger partial charge in [-0.3, -0.25) is 14.4 Å². The topological polar surface area (TPSA) is 123 Å². The molecule has 2 amide bonds. The van der Waals surface area contributed by atoms with Crippen molar-refractivity contribution in [2.75, 3.05) is 6.61 Å². The lowest BCUT2D eigenvalue weighted by Crippen LogP contribution is -2.30. The van der Waals surface area contributed by atoms with Crippen LogP contribution in [0, 0.1) is 13.8 Å². The number of benzene rings is 2. The molecule has 0 fully saturated rings. The maximum atomic E-state index is 13.6. The van der Waals surface area contributed by atoms with Crippen LogP contribution in [0.2, 0.25) is 0 Å². The Balaban J connectivity index is 1.75. The van der Waals surface area contributed by atoms with Crippen LogP contribution in [0.3, 0.4) is 0 Å². The van der Waals surface area contributed by atoms with Gasteiger partial charge in [-0.05, 0) is 37.1 Å². The Morgan fingerprint density at radius 1 is 1.12 bits per heavy atom. The molecule has 1 aliphatic rings. The summed E-state index contributed by atoms with van der Waals surface area (Å²) < 4.78 is 5.32. The minimum absolute atomic E-state index is 0.0125. The van der Waals surface area contributed by atoms with Crippen LogP contribution in [0.4, 0.5) is 0 Å². The molecule has 34 heavy (non-hydrogen) atoms. The Morgan fingerprint density at radius 3 is 2.38 bits per heavy atom. The molecule has 0 radical (unpaired) electrons. The minimum Gasteiger partial charge on any atom is -0.503 e. The summed E-state index contributed by atoms with van der Waals surface area (Å²) in [7, 11) is 0. The van der Waals surface area contributed by atoms with Gasteiger partial charge in [0.1, 0.15) is 5.75 Å². The molecular formula is C25H23N3O5S. The Bertz CT molecular complexity index is 1280. The van der Waals surface area contributed by atoms with E-state index in [-0.39, 0.29) is 18.7 Å². The van der Waals surface area contributed by atoms with Crippen LogP contribution in [-0.4, -0.2) is 39.2 Å². The van der Waals surface area contributed by atoms with Gasteiger partial charge in [-0.15, -0.1) is 11.3 Å². The molecule has 8 nitrogen and oxygen atoms in total. The molecular weight excluding hydrogens is 454 g/mol. The van der Waals surface area contributed by atoms with Gasteiger partial charge in [0.15, 0.2) is 12.4 Å². The summed E-state index contributed by atoms with van der Waals surface area (Å²) in [5.74, 6) is -1.80. The number of ketones is 1. The van der Waals surface area contributed by atoms with Gasteiger partial charge in [0.05, 0.1) is 27.2 Å². The van der Waals surface area contributed by atoms with E-state index in [0.29, 0.717) is 21.9 Å². The molecule has 3 aromatic rings. The van der Waals surface area contributed by atoms with Crippen molar-refractivity contribution in [3.05, 3.63) is 92.6 Å². The Hall–Kier alpha value is -3.98. The number of carbonyl (C=O) groups excluding carboxylic acids is 3. The van der Waals surface area contributed by atoms with E-state index in [9.17, 15) is 19.5 Å². The molecule has 2 heterocycles. The Kier molecular flexibility index (Phi) is 6.47. The number of carbonyl (C=O) groups is 3. The molecule has 1 aliphatic heterocycles. The maximum Gasteiger partial charge on any atom is 0.290 e. The number of primary amides is 1. The highest BCUT2D eigenvalue weighted by Crippen LogP contribution is 2.41. The number of thiazole rings is 1. The molecule has 4 rings (SSSR count). The first kappa shape index (κ1) is 23.2. The van der Waals surface area contributed by atoms with Gasteiger partial charge in [-0.2, -0.15) is 0 Å². The summed E-state index contributed by atoms with van der Waals surface area (Å²) in [6.07, 6.45) is 0. The third kappa shape index (κ3) is 4.55. The summed E-state index contributed by atoms with van der Waals surface area (Å²) in [5, 5.41) is 11.6. The van der Waals surface area contributed by atoms with Crippen molar-refractivity contribution in [2.24, 2.45) is 5.73 Å². The fourth-order valence-corrected chi connectivity index (χ4v) is 4.81. The van der Waals surface area contributed by atoms with Crippen molar-refractivity contribution < 1.29 is 24.2 Å². The second kappa shape index (κ2) is 9.48. The highest BCUT2D eigenvalue weighted by Gasteiger charge is 2.44. The fraction of sp³-hybridized carbons (Fsp3) is 0.200. The number of hydrogen-bond donors (Lipinski definition) is 2. The predicted octanol–water partition coefficient (Wildman–Crippen LogP) is 3.40. The van der Waals surface area contributed by atoms with E-state index in [4.69, 9.17) is 10.5 Å². The van der Waals surface area contributed by atoms with Crippen molar-refractivity contribution >= 4 is 28.9 Å². The number of aromatic nitrogens is 1. The SMILES string of the molecule is Cc1nc(C)c(C(=O)C2=C(O)C(=O)N(Cc3ccccc3)C2c2ccc(OCC(N)=O)cc2)s1. The molecule has 1 atom stereocenters. The van der Waals surface area contributed by atoms with E-state index in [2.05, 4.69) is 4.98 Å². The predicted molar refractivity (Wildman–Crippen MR) is 126 cm³/mol. The monoisotopic (exact) mass is 477 g/mol. The summed E-state index contributed by atoms with van der Waals surface area (Å²) in [4.78, 5) is 43.9. The maximum absolute atomic E-state index is 13.6. The van der Waals surface area contributed by atoms with E-state index in [0.717, 1.165) is 10.6 Å². The molecule has 9 heteroatoms. The highest BCUT2D eigenvalue weighted by atomic mass is 32.1. The van der Waals surface area contributed by atoms with E-state index in [1.807, 2.05) is 30.3 Å². The lowest BCUT2D eigenvalue weighted by molar-refractivity contribution is -0.130. The number of rotatable bonds is 8. The fourth-order valence-electron chi connectivity index (χ4n) is 3.94. The molecule has 0 bridgehead atoms. The first-order valence-corrected chi connectivity index (χ1v) is 11.4. The van der Waals surface area contributed by atoms with Gasteiger partial charge < -0.3 is 20.5 Å². The van der Waals surface area contributed by atoms with E-state index in [1.54, 1.807) is 38.1 Å². The van der Waals surface area contributed by atoms with Crippen molar-refractivity contribution in [1.82, 2.24) is 9.88 Å². The van der Waals surface area contributed by atoms with Crippen LogP contribution in [-0.2, 0) is 16.1 Å². The third-order valence-corrected chi connectivity index (χ3v) is 6.50. The molecule has 174 valence electrons. The number of Topliss-reactive ketones (excluding diaryl/α,β-unsaturated/α-hetero) is 1. The van der Waals surface area contributed by atoms with Gasteiger partial charge in [0.25, 0.3) is 11.8 Å². The van der Waals surface area contributed by atoms with Crippen molar-refractivity contribution in [3.63, 3.8) is 0 Å². The van der Waals surface area contributed by atoms with E-state index < -0.39 is 29.4 Å². The Labute approximate surface area is 200 Å². The molecule has 0 aliphatic carbocycles. The lowest BCUT2D eigenvalue weighted by Gasteiger charge is -2.27. The molecule has 0 spiro atoms. The van der Waals surface area contributed by atoms with Crippen LogP contribution >= 0.6 is 11.3 Å². The second-order valence-electron chi connectivity index (χ2n) is 7.88. The largest absolute Gasteiger partial charge is 0.503 e. The number of nitrogens with zero attached hydrogens (tertiary/aromatic N) is 2. The molecule has 1 unspecified atom stereocenters. The van der Waals surface area contributed by atoms with Gasteiger partial charge in [0, 0.05) is 6.54 Å². The van der Waals surface area contributed by atoms with Crippen LogP contribution in [0.5, 0.6) is 5.75 Å². The average Bonchev–Trinajstić information content (AvgIpc) is 3.28. The molecule has 2 aromatic carbocycles. The van der Waals surface area contributed by atoms with Crippen LogP contribution in [0.25, 0.3) is 0 Å². The normalized spacial score (nSPS) is 15.6. The van der Waals surface area contributed by atoms with Gasteiger partial charge >= 0.3 is 0 Å². The zero-order chi connectivity index (χ0) is 24.4. The summed E-state index contributed by atoms with van der Waals surface area (Å²) in [5.41, 5.74) is 7.16. The summed E-state index contributed by atoms with van der Waals surface area (Å²) in [6, 6.07) is 15.2. The number of amides is 2. The Morgan fingerprint density at radius 2 is 1.79 bits per heavy atom. The highest BCUT2D eigenvalue weighted by molar-refractivity contribution is 7.14. The zero-order valence-electron chi connectivity index (χ0n) is 18.6. The molecule has 0 saturated heterocycles. The first-order valence-electron chi connectivity index (χ1n) is 10.5. The minimum atomic E-state index is -0.813. The average molecular weight is 478 g/mol.